The summed E-state index contributed by atoms with van der Waals surface area (Å²) in [6.07, 6.45) is 0.182. The lowest BCUT2D eigenvalue weighted by Crippen LogP contribution is -2.32. The number of carboxylic acid groups (broad SMARTS) is 1. The van der Waals surface area contributed by atoms with Gasteiger partial charge in [-0.1, -0.05) is 23.7 Å². The Labute approximate surface area is 86.5 Å². The number of rotatable bonds is 3. The molecule has 1 aromatic rings. The average molecular weight is 215 g/mol. The van der Waals surface area contributed by atoms with Crippen molar-refractivity contribution in [1.82, 2.24) is 0 Å². The van der Waals surface area contributed by atoms with Gasteiger partial charge in [0.25, 0.3) is 0 Å². The number of hydrogen-bond donors (Lipinski definition) is 3. The van der Waals surface area contributed by atoms with Gasteiger partial charge in [-0.15, -0.1) is 0 Å². The van der Waals surface area contributed by atoms with Crippen molar-refractivity contribution >= 4 is 23.3 Å². The van der Waals surface area contributed by atoms with Crippen molar-refractivity contribution in [3.05, 3.63) is 28.8 Å². The first kappa shape index (κ1) is 10.8. The lowest BCUT2D eigenvalue weighted by atomic mass is 10.1. The third kappa shape index (κ3) is 2.37. The molecule has 0 spiro atoms. The predicted octanol–water partition coefficient (Wildman–Crippen LogP) is 0.877. The molecule has 0 heterocycles. The smallest absolute Gasteiger partial charge is 0.320 e. The van der Waals surface area contributed by atoms with Crippen LogP contribution < -0.4 is 11.5 Å². The summed E-state index contributed by atoms with van der Waals surface area (Å²) in [6, 6.07) is 4.12. The molecule has 0 aliphatic heterocycles. The number of nitrogen functional groups attached to an aromatic ring is 1. The molecule has 0 amide bonds. The molecule has 0 bridgehead atoms. The first-order valence-electron chi connectivity index (χ1n) is 4.03. The molecule has 5 heteroatoms. The zero-order valence-electron chi connectivity index (χ0n) is 7.40. The van der Waals surface area contributed by atoms with Gasteiger partial charge in [0.15, 0.2) is 0 Å². The monoisotopic (exact) mass is 214 g/mol. The quantitative estimate of drug-likeness (QED) is 0.652. The molecule has 0 aliphatic rings. The van der Waals surface area contributed by atoms with Crippen LogP contribution in [-0.4, -0.2) is 17.1 Å². The van der Waals surface area contributed by atoms with Gasteiger partial charge < -0.3 is 16.6 Å². The fourth-order valence-corrected chi connectivity index (χ4v) is 1.28. The average Bonchev–Trinajstić information content (AvgIpc) is 2.12. The maximum absolute atomic E-state index is 10.5. The van der Waals surface area contributed by atoms with Gasteiger partial charge in [-0.05, 0) is 11.6 Å². The number of carboxylic acids is 1. The van der Waals surface area contributed by atoms with E-state index in [2.05, 4.69) is 0 Å². The van der Waals surface area contributed by atoms with E-state index >= 15 is 0 Å². The van der Waals surface area contributed by atoms with Crippen LogP contribution in [0.5, 0.6) is 0 Å². The van der Waals surface area contributed by atoms with Crippen molar-refractivity contribution in [1.29, 1.82) is 0 Å². The minimum atomic E-state index is -1.05. The van der Waals surface area contributed by atoms with Crippen LogP contribution in [0.25, 0.3) is 0 Å². The van der Waals surface area contributed by atoms with Gasteiger partial charge in [0.2, 0.25) is 0 Å². The Balaban J connectivity index is 2.87. The van der Waals surface area contributed by atoms with Crippen molar-refractivity contribution in [3.8, 4) is 0 Å². The van der Waals surface area contributed by atoms with E-state index in [4.69, 9.17) is 28.2 Å². The van der Waals surface area contributed by atoms with E-state index in [1.165, 1.54) is 0 Å². The highest BCUT2D eigenvalue weighted by Gasteiger charge is 2.14. The lowest BCUT2D eigenvalue weighted by Gasteiger charge is -2.09. The van der Waals surface area contributed by atoms with Crippen molar-refractivity contribution in [3.63, 3.8) is 0 Å². The number of para-hydroxylation sites is 1. The van der Waals surface area contributed by atoms with Gasteiger partial charge in [-0.25, -0.2) is 0 Å². The van der Waals surface area contributed by atoms with Crippen LogP contribution in [0.4, 0.5) is 5.69 Å². The van der Waals surface area contributed by atoms with Crippen molar-refractivity contribution < 1.29 is 9.90 Å². The van der Waals surface area contributed by atoms with Crippen molar-refractivity contribution in [2.45, 2.75) is 12.5 Å². The normalized spacial score (nSPS) is 12.4. The fourth-order valence-electron chi connectivity index (χ4n) is 1.08. The number of benzene rings is 1. The number of nitrogens with two attached hydrogens (primary N) is 2. The molecule has 0 saturated carbocycles. The molecule has 1 rings (SSSR count). The zero-order chi connectivity index (χ0) is 10.7. The van der Waals surface area contributed by atoms with Crippen LogP contribution in [-0.2, 0) is 11.2 Å². The molecular formula is C9H11ClN2O2. The Kier molecular flexibility index (Phi) is 3.33. The van der Waals surface area contributed by atoms with E-state index in [1.807, 2.05) is 0 Å². The number of carbonyl (C=O) groups is 1. The number of aliphatic carboxylic acids is 1. The lowest BCUT2D eigenvalue weighted by molar-refractivity contribution is -0.138. The summed E-state index contributed by atoms with van der Waals surface area (Å²) >= 11 is 5.76. The number of anilines is 1. The summed E-state index contributed by atoms with van der Waals surface area (Å²) in [7, 11) is 0. The molecule has 14 heavy (non-hydrogen) atoms. The van der Waals surface area contributed by atoms with Gasteiger partial charge in [0.05, 0.1) is 10.7 Å². The van der Waals surface area contributed by atoms with E-state index < -0.39 is 12.0 Å². The fraction of sp³-hybridized carbons (Fsp3) is 0.222. The Hall–Kier alpha value is -1.26. The Morgan fingerprint density at radius 3 is 2.79 bits per heavy atom. The molecule has 1 aromatic carbocycles. The summed E-state index contributed by atoms with van der Waals surface area (Å²) in [5.74, 6) is -1.05. The van der Waals surface area contributed by atoms with E-state index in [9.17, 15) is 4.79 Å². The highest BCUT2D eigenvalue weighted by molar-refractivity contribution is 6.33. The van der Waals surface area contributed by atoms with Crippen LogP contribution >= 0.6 is 11.6 Å². The maximum Gasteiger partial charge on any atom is 0.320 e. The van der Waals surface area contributed by atoms with E-state index in [-0.39, 0.29) is 6.42 Å². The van der Waals surface area contributed by atoms with Crippen LogP contribution in [0.3, 0.4) is 0 Å². The summed E-state index contributed by atoms with van der Waals surface area (Å²) in [5.41, 5.74) is 12.1. The van der Waals surface area contributed by atoms with Crippen molar-refractivity contribution in [2.75, 3.05) is 5.73 Å². The molecule has 0 radical (unpaired) electrons. The molecule has 0 saturated heterocycles. The zero-order valence-corrected chi connectivity index (χ0v) is 8.16. The second-order valence-corrected chi connectivity index (χ2v) is 3.37. The Morgan fingerprint density at radius 1 is 1.57 bits per heavy atom. The largest absolute Gasteiger partial charge is 0.480 e. The second kappa shape index (κ2) is 4.30. The maximum atomic E-state index is 10.5. The van der Waals surface area contributed by atoms with Gasteiger partial charge in [0, 0.05) is 6.42 Å². The standard InChI is InChI=1S/C9H11ClN2O2/c10-6-3-1-2-5(8(6)12)4-7(11)9(13)14/h1-3,7H,4,11-12H2,(H,13,14)/t7-/m1/s1. The van der Waals surface area contributed by atoms with Gasteiger partial charge in [-0.3, -0.25) is 4.79 Å². The predicted molar refractivity (Wildman–Crippen MR) is 55.2 cm³/mol. The summed E-state index contributed by atoms with van der Waals surface area (Å²) in [4.78, 5) is 10.5. The highest BCUT2D eigenvalue weighted by atomic mass is 35.5. The molecule has 5 N–H and O–H groups in total. The minimum Gasteiger partial charge on any atom is -0.480 e. The highest BCUT2D eigenvalue weighted by Crippen LogP contribution is 2.23. The first-order valence-corrected chi connectivity index (χ1v) is 4.41. The topological polar surface area (TPSA) is 89.3 Å². The third-order valence-corrected chi connectivity index (χ3v) is 2.23. The third-order valence-electron chi connectivity index (χ3n) is 1.90. The summed E-state index contributed by atoms with van der Waals surface area (Å²) in [5, 5.41) is 9.02. The minimum absolute atomic E-state index is 0.182. The second-order valence-electron chi connectivity index (χ2n) is 2.96. The summed E-state index contributed by atoms with van der Waals surface area (Å²) < 4.78 is 0. The van der Waals surface area contributed by atoms with Crippen LogP contribution in [0.1, 0.15) is 5.56 Å². The number of halogens is 1. The molecule has 1 atom stereocenters. The SMILES string of the molecule is Nc1c(Cl)cccc1C[C@@H](N)C(=O)O. The molecule has 4 nitrogen and oxygen atoms in total. The molecule has 0 aromatic heterocycles. The van der Waals surface area contributed by atoms with Crippen LogP contribution in [0, 0.1) is 0 Å². The van der Waals surface area contributed by atoms with Crippen LogP contribution in [0.2, 0.25) is 5.02 Å². The molecule has 0 aliphatic carbocycles. The number of hydrogen-bond acceptors (Lipinski definition) is 3. The van der Waals surface area contributed by atoms with Crippen molar-refractivity contribution in [2.24, 2.45) is 5.73 Å². The van der Waals surface area contributed by atoms with E-state index in [0.29, 0.717) is 16.3 Å². The summed E-state index contributed by atoms with van der Waals surface area (Å²) in [6.45, 7) is 0. The van der Waals surface area contributed by atoms with Gasteiger partial charge >= 0.3 is 5.97 Å². The van der Waals surface area contributed by atoms with E-state index in [0.717, 1.165) is 0 Å². The molecule has 0 fully saturated rings. The first-order chi connectivity index (χ1) is 6.52. The molecule has 0 unspecified atom stereocenters. The van der Waals surface area contributed by atoms with E-state index in [1.54, 1.807) is 18.2 Å². The van der Waals surface area contributed by atoms with Gasteiger partial charge in [0.1, 0.15) is 6.04 Å². The Morgan fingerprint density at radius 2 is 2.21 bits per heavy atom. The Bertz CT molecular complexity index is 355. The molecular weight excluding hydrogens is 204 g/mol. The van der Waals surface area contributed by atoms with Crippen LogP contribution in [0.15, 0.2) is 18.2 Å². The van der Waals surface area contributed by atoms with Gasteiger partial charge in [-0.2, -0.15) is 0 Å². The molecule has 76 valence electrons.